The molecule has 0 radical (unpaired) electrons. The minimum absolute atomic E-state index is 0.0711. The van der Waals surface area contributed by atoms with E-state index < -0.39 is 5.82 Å². The van der Waals surface area contributed by atoms with Gasteiger partial charge in [0, 0.05) is 18.0 Å². The number of halogens is 1. The van der Waals surface area contributed by atoms with Crippen LogP contribution in [0.3, 0.4) is 0 Å². The summed E-state index contributed by atoms with van der Waals surface area (Å²) >= 11 is 0. The summed E-state index contributed by atoms with van der Waals surface area (Å²) in [5.74, 6) is -1.12. The number of amides is 2. The number of piperazine rings is 1. The summed E-state index contributed by atoms with van der Waals surface area (Å²) in [6, 6.07) is 23.1. The Morgan fingerprint density at radius 3 is 2.35 bits per heavy atom. The smallest absolute Gasteiger partial charge is 0.254 e. The molecule has 5 rings (SSSR count). The van der Waals surface area contributed by atoms with Gasteiger partial charge in [0.25, 0.3) is 5.91 Å². The van der Waals surface area contributed by atoms with Crippen molar-refractivity contribution in [3.8, 4) is 0 Å². The fourth-order valence-corrected chi connectivity index (χ4v) is 5.04. The van der Waals surface area contributed by atoms with Gasteiger partial charge >= 0.3 is 0 Å². The lowest BCUT2D eigenvalue weighted by Gasteiger charge is -2.58. The number of rotatable bonds is 5. The monoisotopic (exact) mass is 456 g/mol. The van der Waals surface area contributed by atoms with Crippen LogP contribution in [0.4, 0.5) is 4.39 Å². The van der Waals surface area contributed by atoms with Crippen LogP contribution >= 0.6 is 0 Å². The Labute approximate surface area is 197 Å². The number of carbonyl (C=O) groups is 2. The third kappa shape index (κ3) is 4.13. The van der Waals surface area contributed by atoms with E-state index in [0.717, 1.165) is 16.7 Å². The molecule has 0 aliphatic carbocycles. The average molecular weight is 457 g/mol. The number of fused-ring (bicyclic) bond motifs is 1. The highest BCUT2D eigenvalue weighted by Crippen LogP contribution is 2.43. The number of carbonyl (C=O) groups excluding carboxylic acids is 2. The Morgan fingerprint density at radius 2 is 1.68 bits per heavy atom. The second kappa shape index (κ2) is 9.23. The van der Waals surface area contributed by atoms with Crippen molar-refractivity contribution >= 4 is 24.0 Å². The van der Waals surface area contributed by atoms with E-state index in [1.807, 2.05) is 66.7 Å². The minimum atomic E-state index is -0.487. The van der Waals surface area contributed by atoms with Crippen molar-refractivity contribution in [2.24, 2.45) is 0 Å². The molecule has 0 unspecified atom stereocenters. The summed E-state index contributed by atoms with van der Waals surface area (Å²) in [5, 5.41) is 10.00. The molecule has 0 aromatic heterocycles. The van der Waals surface area contributed by atoms with E-state index in [0.29, 0.717) is 6.54 Å². The van der Waals surface area contributed by atoms with Crippen molar-refractivity contribution in [3.05, 3.63) is 107 Å². The molecule has 3 aromatic rings. The molecule has 5 nitrogen and oxygen atoms in total. The van der Waals surface area contributed by atoms with Crippen LogP contribution in [-0.4, -0.2) is 58.5 Å². The third-order valence-corrected chi connectivity index (χ3v) is 6.70. The summed E-state index contributed by atoms with van der Waals surface area (Å²) in [7, 11) is 0. The van der Waals surface area contributed by atoms with Gasteiger partial charge in [-0.1, -0.05) is 72.8 Å². The largest absolute Gasteiger partial charge is 0.394 e. The Bertz CT molecular complexity index is 1230. The predicted molar refractivity (Wildman–Crippen MR) is 128 cm³/mol. The normalized spacial score (nSPS) is 21.9. The maximum absolute atomic E-state index is 13.6. The standard InChI is InChI=1S/C28H25FN2O3/c29-23-8-4-7-22(15-23)28(34)30-16-24-27(25(18-32)31(24)26(33)17-30)21-13-11-20(12-14-21)10-9-19-5-2-1-3-6-19/h1-15,24-25,27,32H,16-18H2/b10-9+/t24-,25+,27+/m1/s1. The first kappa shape index (κ1) is 22.0. The van der Waals surface area contributed by atoms with Gasteiger partial charge in [-0.3, -0.25) is 9.59 Å². The third-order valence-electron chi connectivity index (χ3n) is 6.70. The van der Waals surface area contributed by atoms with E-state index in [2.05, 4.69) is 0 Å². The molecule has 1 N–H and O–H groups in total. The number of aliphatic hydroxyl groups is 1. The quantitative estimate of drug-likeness (QED) is 0.594. The van der Waals surface area contributed by atoms with Crippen LogP contribution in [-0.2, 0) is 4.79 Å². The van der Waals surface area contributed by atoms with Gasteiger partial charge in [-0.2, -0.15) is 0 Å². The van der Waals surface area contributed by atoms with Crippen molar-refractivity contribution in [3.63, 3.8) is 0 Å². The lowest BCUT2D eigenvalue weighted by molar-refractivity contribution is -0.159. The number of aliphatic hydroxyl groups excluding tert-OH is 1. The molecule has 2 heterocycles. The van der Waals surface area contributed by atoms with E-state index in [1.165, 1.54) is 23.1 Å². The molecule has 0 saturated carbocycles. The Balaban J connectivity index is 1.34. The molecule has 172 valence electrons. The Kier molecular flexibility index (Phi) is 5.99. The van der Waals surface area contributed by atoms with Crippen LogP contribution in [0, 0.1) is 5.82 Å². The topological polar surface area (TPSA) is 60.9 Å². The van der Waals surface area contributed by atoms with Crippen LogP contribution in [0.1, 0.15) is 33.0 Å². The van der Waals surface area contributed by atoms with Crippen molar-refractivity contribution < 1.29 is 19.1 Å². The second-order valence-electron chi connectivity index (χ2n) is 8.75. The summed E-state index contributed by atoms with van der Waals surface area (Å²) < 4.78 is 13.6. The zero-order chi connectivity index (χ0) is 23.7. The Morgan fingerprint density at radius 1 is 0.971 bits per heavy atom. The van der Waals surface area contributed by atoms with Gasteiger partial charge in [0.2, 0.25) is 5.91 Å². The maximum Gasteiger partial charge on any atom is 0.254 e. The summed E-state index contributed by atoms with van der Waals surface area (Å²) in [4.78, 5) is 28.9. The van der Waals surface area contributed by atoms with Crippen LogP contribution in [0.25, 0.3) is 12.2 Å². The van der Waals surface area contributed by atoms with E-state index in [9.17, 15) is 19.1 Å². The van der Waals surface area contributed by atoms with Gasteiger partial charge in [-0.15, -0.1) is 0 Å². The van der Waals surface area contributed by atoms with E-state index in [1.54, 1.807) is 11.0 Å². The molecule has 6 heteroatoms. The fourth-order valence-electron chi connectivity index (χ4n) is 5.04. The average Bonchev–Trinajstić information content (AvgIpc) is 2.85. The number of benzene rings is 3. The van der Waals surface area contributed by atoms with Crippen molar-refractivity contribution in [1.29, 1.82) is 0 Å². The molecule has 3 atom stereocenters. The van der Waals surface area contributed by atoms with Crippen LogP contribution in [0.5, 0.6) is 0 Å². The second-order valence-corrected chi connectivity index (χ2v) is 8.75. The molecule has 34 heavy (non-hydrogen) atoms. The van der Waals surface area contributed by atoms with Gasteiger partial charge in [0.05, 0.1) is 18.7 Å². The molecule has 3 aromatic carbocycles. The van der Waals surface area contributed by atoms with Crippen molar-refractivity contribution in [1.82, 2.24) is 9.80 Å². The predicted octanol–water partition coefficient (Wildman–Crippen LogP) is 3.81. The minimum Gasteiger partial charge on any atom is -0.394 e. The maximum atomic E-state index is 13.6. The number of nitrogens with zero attached hydrogens (tertiary/aromatic N) is 2. The van der Waals surface area contributed by atoms with Crippen molar-refractivity contribution in [2.75, 3.05) is 19.7 Å². The highest BCUT2D eigenvalue weighted by Gasteiger charge is 2.54. The molecule has 0 spiro atoms. The van der Waals surface area contributed by atoms with Gasteiger partial charge in [-0.05, 0) is 34.9 Å². The summed E-state index contributed by atoms with van der Waals surface area (Å²) in [6.45, 7) is 0.136. The van der Waals surface area contributed by atoms with Crippen molar-refractivity contribution in [2.45, 2.75) is 18.0 Å². The SMILES string of the molecule is O=C(c1cccc(F)c1)N1CC(=O)N2[C@H](C1)[C@H](c1ccc(/C=C/c3ccccc3)cc1)[C@@H]2CO. The molecule has 2 amide bonds. The number of hydrogen-bond donors (Lipinski definition) is 1. The highest BCUT2D eigenvalue weighted by atomic mass is 19.1. The van der Waals surface area contributed by atoms with Gasteiger partial charge in [0.1, 0.15) is 12.4 Å². The van der Waals surface area contributed by atoms with Crippen LogP contribution < -0.4 is 0 Å². The zero-order valence-corrected chi connectivity index (χ0v) is 18.5. The lowest BCUT2D eigenvalue weighted by atomic mass is 9.73. The van der Waals surface area contributed by atoms with E-state index in [4.69, 9.17) is 0 Å². The zero-order valence-electron chi connectivity index (χ0n) is 18.5. The number of hydrogen-bond acceptors (Lipinski definition) is 3. The van der Waals surface area contributed by atoms with Crippen LogP contribution in [0.15, 0.2) is 78.9 Å². The van der Waals surface area contributed by atoms with Gasteiger partial charge in [-0.25, -0.2) is 4.39 Å². The van der Waals surface area contributed by atoms with E-state index in [-0.39, 0.29) is 48.5 Å². The Hall–Kier alpha value is -3.77. The molecule has 2 aliphatic rings. The van der Waals surface area contributed by atoms with Gasteiger partial charge < -0.3 is 14.9 Å². The first-order valence-electron chi connectivity index (χ1n) is 11.3. The summed E-state index contributed by atoms with van der Waals surface area (Å²) in [5.41, 5.74) is 3.41. The molecule has 2 saturated heterocycles. The molecular formula is C28H25FN2O3. The van der Waals surface area contributed by atoms with E-state index >= 15 is 0 Å². The first-order chi connectivity index (χ1) is 16.5. The first-order valence-corrected chi connectivity index (χ1v) is 11.3. The summed E-state index contributed by atoms with van der Waals surface area (Å²) in [6.07, 6.45) is 4.09. The molecule has 0 bridgehead atoms. The fraction of sp³-hybridized carbons (Fsp3) is 0.214. The van der Waals surface area contributed by atoms with Gasteiger partial charge in [0.15, 0.2) is 0 Å². The molecule has 2 fully saturated rings. The van der Waals surface area contributed by atoms with Crippen LogP contribution in [0.2, 0.25) is 0 Å². The highest BCUT2D eigenvalue weighted by molar-refractivity contribution is 5.97. The molecular weight excluding hydrogens is 431 g/mol. The lowest BCUT2D eigenvalue weighted by Crippen LogP contribution is -2.73. The molecule has 2 aliphatic heterocycles.